The van der Waals surface area contributed by atoms with Crippen LogP contribution in [0.5, 0.6) is 0 Å². The SMILES string of the molecule is CC1(C)N=C(c2ccc(N(c3ccc(-c4ccc(-c5ccccc5)cc4)cc3)c3ccc(-c4ccc(-c5ccc(-c6ccc(-c7cccc(-c8cccc(N(c9cccc(-c%10cccc(-c%11ccccc%11)c%10)c9)c9ccc(C%10=NC(C)(C)C(C)(C)N%10[OH2+])c%10ccccc9%10)c8)c7)cc6)cc5)cc4)cc3)c3ccccc23)N(O)C1(C)C. The molecule has 0 spiro atoms. The third-order valence-electron chi connectivity index (χ3n) is 24.3. The summed E-state index contributed by atoms with van der Waals surface area (Å²) in [5, 5.41) is 28.2. The Morgan fingerprint density at radius 1 is 0.237 bits per heavy atom. The van der Waals surface area contributed by atoms with Crippen LogP contribution < -0.4 is 9.80 Å². The topological polar surface area (TPSA) is 80.8 Å². The van der Waals surface area contributed by atoms with E-state index in [1.165, 1.54) is 27.3 Å². The lowest BCUT2D eigenvalue weighted by molar-refractivity contribution is -0.0992. The standard InChI is InChI=1S/C106H88N6O2/c1-103(2)105(5,6)111(113)101(107-103)97-63-65-99(95-37-17-15-35-93(95)97)109(89-59-55-80(56-60-89)78-41-39-73(40-42-78)71-23-11-9-12-24-71)90-61-57-81(58-62-90)79-49-47-75(48-50-79)74-43-45-76(46-44-74)77-51-53-82(54-52-77)84-28-20-30-86(68-84)88-32-22-34-92(70-88)110(91-33-21-31-87(69-91)85-29-19-27-83(67-85)72-25-13-10-14-26-72)100-66-64-98(94-36-16-18-38-96(94)100)102-108-104(3,4)106(7,8)112(102)114/h9-70,113-114H,1-8H3/p+1. The summed E-state index contributed by atoms with van der Waals surface area (Å²) in [5.41, 5.74) is 26.5. The van der Waals surface area contributed by atoms with Crippen LogP contribution in [-0.4, -0.2) is 54.4 Å². The summed E-state index contributed by atoms with van der Waals surface area (Å²) in [6.07, 6.45) is 0. The van der Waals surface area contributed by atoms with E-state index in [1.807, 2.05) is 13.8 Å². The lowest BCUT2D eigenvalue weighted by atomic mass is 9.84. The van der Waals surface area contributed by atoms with Gasteiger partial charge >= 0.3 is 0 Å². The van der Waals surface area contributed by atoms with Gasteiger partial charge < -0.3 is 15.0 Å². The molecule has 114 heavy (non-hydrogen) atoms. The molecule has 16 aromatic rings. The van der Waals surface area contributed by atoms with Crippen molar-refractivity contribution in [3.8, 4) is 100 Å². The number of amidine groups is 2. The molecule has 16 aromatic carbocycles. The van der Waals surface area contributed by atoms with Crippen molar-refractivity contribution >= 4 is 67.3 Å². The van der Waals surface area contributed by atoms with Gasteiger partial charge in [-0.2, -0.15) is 0 Å². The smallest absolute Gasteiger partial charge is 0.201 e. The van der Waals surface area contributed by atoms with Crippen molar-refractivity contribution in [1.82, 2.24) is 10.1 Å². The fourth-order valence-corrected chi connectivity index (χ4v) is 16.2. The normalized spacial score (nSPS) is 14.6. The number of hydroxylamine groups is 4. The first-order valence-corrected chi connectivity index (χ1v) is 39.3. The zero-order valence-electron chi connectivity index (χ0n) is 65.4. The number of anilines is 6. The minimum Gasteiger partial charge on any atom is -0.310 e. The van der Waals surface area contributed by atoms with Crippen molar-refractivity contribution in [3.63, 3.8) is 0 Å². The number of rotatable bonds is 17. The minimum atomic E-state index is -0.606. The average Bonchev–Trinajstić information content (AvgIpc) is 1.53. The third kappa shape index (κ3) is 13.2. The highest BCUT2D eigenvalue weighted by Gasteiger charge is 2.53. The van der Waals surface area contributed by atoms with E-state index in [4.69, 9.17) is 9.98 Å². The quantitative estimate of drug-likeness (QED) is 0.0919. The van der Waals surface area contributed by atoms with Crippen LogP contribution in [0.4, 0.5) is 34.1 Å². The number of hydrogen-bond acceptors (Lipinski definition) is 7. The zero-order chi connectivity index (χ0) is 78.0. The fourth-order valence-electron chi connectivity index (χ4n) is 16.2. The van der Waals surface area contributed by atoms with E-state index in [1.54, 1.807) is 5.06 Å². The molecule has 18 rings (SSSR count). The Labute approximate surface area is 668 Å². The molecule has 0 saturated carbocycles. The molecule has 0 aliphatic carbocycles. The second-order valence-corrected chi connectivity index (χ2v) is 32.2. The van der Waals surface area contributed by atoms with Crippen LogP contribution in [0, 0.1) is 0 Å². The molecule has 0 fully saturated rings. The van der Waals surface area contributed by atoms with Crippen molar-refractivity contribution in [1.29, 1.82) is 0 Å². The molecule has 2 aliphatic rings. The van der Waals surface area contributed by atoms with Gasteiger partial charge in [0, 0.05) is 44.6 Å². The Kier molecular flexibility index (Phi) is 18.3. The average molecular weight is 1480 g/mol. The summed E-state index contributed by atoms with van der Waals surface area (Å²) < 4.78 is 0. The lowest BCUT2D eigenvalue weighted by Gasteiger charge is -2.37. The molecule has 8 nitrogen and oxygen atoms in total. The summed E-state index contributed by atoms with van der Waals surface area (Å²) in [5.74, 6) is 1.25. The first-order valence-electron chi connectivity index (χ1n) is 39.3. The van der Waals surface area contributed by atoms with Gasteiger partial charge in [-0.1, -0.05) is 291 Å². The molecule has 0 radical (unpaired) electrons. The predicted molar refractivity (Wildman–Crippen MR) is 478 cm³/mol. The van der Waals surface area contributed by atoms with Crippen molar-refractivity contribution in [2.45, 2.75) is 77.5 Å². The number of nitrogens with zero attached hydrogens (tertiary/aromatic N) is 6. The summed E-state index contributed by atoms with van der Waals surface area (Å²) in [4.78, 5) is 15.1. The highest BCUT2D eigenvalue weighted by atomic mass is 16.5. The molecule has 2 aliphatic heterocycles. The van der Waals surface area contributed by atoms with Crippen LogP contribution in [0.25, 0.3) is 122 Å². The monoisotopic (exact) mass is 1480 g/mol. The van der Waals surface area contributed by atoms with Crippen molar-refractivity contribution in [3.05, 3.63) is 387 Å². The molecule has 0 amide bonds. The summed E-state index contributed by atoms with van der Waals surface area (Å²) in [7, 11) is 0. The van der Waals surface area contributed by atoms with Gasteiger partial charge in [0.05, 0.1) is 28.0 Å². The molecule has 0 atom stereocenters. The Morgan fingerprint density at radius 3 is 0.833 bits per heavy atom. The second-order valence-electron chi connectivity index (χ2n) is 32.2. The molecule has 0 aromatic heterocycles. The molecule has 0 unspecified atom stereocenters. The Hall–Kier alpha value is -13.5. The Bertz CT molecular complexity index is 6350. The Morgan fingerprint density at radius 2 is 0.491 bits per heavy atom. The maximum absolute atomic E-state index is 11.7. The van der Waals surface area contributed by atoms with Gasteiger partial charge in [0.15, 0.2) is 5.84 Å². The van der Waals surface area contributed by atoms with E-state index in [-0.39, 0.29) is 0 Å². The van der Waals surface area contributed by atoms with Gasteiger partial charge in [0.25, 0.3) is 0 Å². The van der Waals surface area contributed by atoms with Gasteiger partial charge in [-0.15, -0.1) is 5.06 Å². The number of hydrogen-bond donors (Lipinski definition) is 1. The molecule has 3 N–H and O–H groups in total. The predicted octanol–water partition coefficient (Wildman–Crippen LogP) is 27.2. The largest absolute Gasteiger partial charge is 0.310 e. The number of aliphatic imine (C=N–C) groups is 2. The first-order chi connectivity index (χ1) is 55.3. The van der Waals surface area contributed by atoms with Crippen molar-refractivity contribution < 1.29 is 10.4 Å². The van der Waals surface area contributed by atoms with E-state index >= 15 is 0 Å². The van der Waals surface area contributed by atoms with Gasteiger partial charge in [-0.05, 0) is 251 Å². The van der Waals surface area contributed by atoms with E-state index in [0.717, 1.165) is 145 Å². The fraction of sp³-hybridized carbons (Fsp3) is 0.113. The van der Waals surface area contributed by atoms with E-state index in [0.29, 0.717) is 11.7 Å². The Balaban J connectivity index is 0.601. The summed E-state index contributed by atoms with van der Waals surface area (Å²) in [6.45, 7) is 16.7. The zero-order valence-corrected chi connectivity index (χ0v) is 65.4. The van der Waals surface area contributed by atoms with Crippen molar-refractivity contribution in [2.75, 3.05) is 9.80 Å². The van der Waals surface area contributed by atoms with Crippen molar-refractivity contribution in [2.24, 2.45) is 9.98 Å². The summed E-state index contributed by atoms with van der Waals surface area (Å²) >= 11 is 0. The number of fused-ring (bicyclic) bond motifs is 2. The van der Waals surface area contributed by atoms with Crippen LogP contribution in [0.2, 0.25) is 0 Å². The minimum absolute atomic E-state index is 0.466. The van der Waals surface area contributed by atoms with Gasteiger partial charge in [-0.25, -0.2) is 5.06 Å². The van der Waals surface area contributed by atoms with Crippen LogP contribution in [0.3, 0.4) is 0 Å². The third-order valence-corrected chi connectivity index (χ3v) is 24.3. The molecule has 8 heteroatoms. The highest BCUT2D eigenvalue weighted by molar-refractivity contribution is 6.16. The van der Waals surface area contributed by atoms with Gasteiger partial charge in [0.1, 0.15) is 5.54 Å². The number of benzene rings is 16. The van der Waals surface area contributed by atoms with Gasteiger partial charge in [0.2, 0.25) is 5.84 Å². The molecule has 554 valence electrons. The van der Waals surface area contributed by atoms with E-state index < -0.39 is 22.2 Å². The van der Waals surface area contributed by atoms with Crippen LogP contribution >= 0.6 is 0 Å². The maximum atomic E-state index is 11.7. The molecular weight excluding hydrogens is 1390 g/mol. The molecule has 0 saturated heterocycles. The maximum Gasteiger partial charge on any atom is 0.201 e. The molecule has 0 bridgehead atoms. The molecule has 2 heterocycles. The van der Waals surface area contributed by atoms with E-state index in [9.17, 15) is 10.4 Å². The molecular formula is C106H89N6O2+. The van der Waals surface area contributed by atoms with Crippen LogP contribution in [-0.2, 0) is 0 Å². The highest BCUT2D eigenvalue weighted by Crippen LogP contribution is 2.48. The summed E-state index contributed by atoms with van der Waals surface area (Å²) in [6, 6.07) is 136. The lowest BCUT2D eigenvalue weighted by Crippen LogP contribution is -2.51. The first kappa shape index (κ1) is 72.1. The van der Waals surface area contributed by atoms with Gasteiger partial charge in [-0.3, -0.25) is 15.2 Å². The van der Waals surface area contributed by atoms with Crippen LogP contribution in [0.15, 0.2) is 386 Å². The second kappa shape index (κ2) is 29.0. The van der Waals surface area contributed by atoms with Crippen LogP contribution in [0.1, 0.15) is 66.5 Å². The van der Waals surface area contributed by atoms with E-state index in [2.05, 4.69) is 427 Å².